The molecule has 26 heavy (non-hydrogen) atoms. The second-order valence-electron chi connectivity index (χ2n) is 6.79. The molecule has 4 nitrogen and oxygen atoms in total. The van der Waals surface area contributed by atoms with E-state index in [0.717, 1.165) is 18.6 Å². The summed E-state index contributed by atoms with van der Waals surface area (Å²) in [6.45, 7) is 6.17. The van der Waals surface area contributed by atoms with E-state index in [9.17, 15) is 22.8 Å². The molecule has 1 aliphatic heterocycles. The Morgan fingerprint density at radius 1 is 1.19 bits per heavy atom. The number of imide groups is 1. The number of β-lactam (4-membered cyclic amide) rings is 1. The summed E-state index contributed by atoms with van der Waals surface area (Å²) in [6.07, 6.45) is -1.71. The van der Waals surface area contributed by atoms with Crippen molar-refractivity contribution in [2.24, 2.45) is 5.41 Å². The summed E-state index contributed by atoms with van der Waals surface area (Å²) in [6, 6.07) is 3.87. The molecule has 1 unspecified atom stereocenters. The van der Waals surface area contributed by atoms with Gasteiger partial charge in [0.1, 0.15) is 0 Å². The summed E-state index contributed by atoms with van der Waals surface area (Å²) in [7, 11) is 0. The monoisotopic (exact) mass is 370 g/mol. The average molecular weight is 370 g/mol. The van der Waals surface area contributed by atoms with Gasteiger partial charge in [0.15, 0.2) is 0 Å². The molecule has 2 rings (SSSR count). The largest absolute Gasteiger partial charge is 0.416 e. The predicted molar refractivity (Wildman–Crippen MR) is 92.4 cm³/mol. The lowest BCUT2D eigenvalue weighted by Crippen LogP contribution is -2.65. The van der Waals surface area contributed by atoms with Gasteiger partial charge in [0.25, 0.3) is 0 Å². The normalized spacial score (nSPS) is 17.6. The smallest absolute Gasteiger partial charge is 0.331 e. The molecule has 1 fully saturated rings. The van der Waals surface area contributed by atoms with Crippen molar-refractivity contribution in [1.29, 1.82) is 0 Å². The summed E-state index contributed by atoms with van der Waals surface area (Å²) in [5.74, 6) is -0.178. The van der Waals surface area contributed by atoms with E-state index in [4.69, 9.17) is 0 Å². The number of hydrogen-bond donors (Lipinski definition) is 1. The molecule has 1 aromatic rings. The van der Waals surface area contributed by atoms with Gasteiger partial charge in [-0.05, 0) is 37.0 Å². The molecule has 1 saturated heterocycles. The van der Waals surface area contributed by atoms with E-state index in [1.54, 1.807) is 0 Å². The number of amides is 3. The molecule has 1 atom stereocenters. The summed E-state index contributed by atoms with van der Waals surface area (Å²) >= 11 is 0. The Kier molecular flexibility index (Phi) is 5.98. The maximum Gasteiger partial charge on any atom is 0.416 e. The lowest BCUT2D eigenvalue weighted by molar-refractivity contribution is -0.155. The number of nitrogens with one attached hydrogen (secondary N) is 1. The number of carbonyl (C=O) groups excluding carboxylic acids is 2. The molecular formula is C19H25F3N2O2. The molecule has 0 spiro atoms. The molecule has 7 heteroatoms. The van der Waals surface area contributed by atoms with Crippen LogP contribution in [0.15, 0.2) is 24.3 Å². The van der Waals surface area contributed by atoms with E-state index in [2.05, 4.69) is 5.32 Å². The number of halogens is 3. The van der Waals surface area contributed by atoms with Gasteiger partial charge in [0.05, 0.1) is 17.0 Å². The molecule has 0 bridgehead atoms. The SMILES string of the molecule is CCCC(NC(=O)N1CC(CC)(CC)C1=O)c1ccc(C(F)(F)F)cc1. The van der Waals surface area contributed by atoms with E-state index in [1.165, 1.54) is 17.0 Å². The van der Waals surface area contributed by atoms with Gasteiger partial charge in [-0.1, -0.05) is 39.3 Å². The highest BCUT2D eigenvalue weighted by molar-refractivity contribution is 6.02. The van der Waals surface area contributed by atoms with Crippen LogP contribution in [0.5, 0.6) is 0 Å². The summed E-state index contributed by atoms with van der Waals surface area (Å²) < 4.78 is 38.1. The van der Waals surface area contributed by atoms with Gasteiger partial charge < -0.3 is 5.32 Å². The molecule has 3 amide bonds. The first-order valence-corrected chi connectivity index (χ1v) is 8.98. The first-order valence-electron chi connectivity index (χ1n) is 8.98. The van der Waals surface area contributed by atoms with Crippen molar-refractivity contribution in [3.8, 4) is 0 Å². The summed E-state index contributed by atoms with van der Waals surface area (Å²) in [5, 5.41) is 2.80. The average Bonchev–Trinajstić information content (AvgIpc) is 2.60. The first kappa shape index (κ1) is 20.3. The molecule has 0 aromatic heterocycles. The molecule has 1 N–H and O–H groups in total. The predicted octanol–water partition coefficient (Wildman–Crippen LogP) is 4.90. The van der Waals surface area contributed by atoms with Crippen molar-refractivity contribution < 1.29 is 22.8 Å². The highest BCUT2D eigenvalue weighted by atomic mass is 19.4. The fourth-order valence-corrected chi connectivity index (χ4v) is 3.32. The third-order valence-electron chi connectivity index (χ3n) is 5.27. The quantitative estimate of drug-likeness (QED) is 0.724. The molecule has 1 aromatic carbocycles. The Balaban J connectivity index is 2.09. The fourth-order valence-electron chi connectivity index (χ4n) is 3.32. The number of carbonyl (C=O) groups is 2. The Morgan fingerprint density at radius 3 is 2.19 bits per heavy atom. The van der Waals surface area contributed by atoms with Gasteiger partial charge in [0, 0.05) is 6.54 Å². The van der Waals surface area contributed by atoms with Crippen molar-refractivity contribution in [2.45, 2.75) is 58.7 Å². The van der Waals surface area contributed by atoms with E-state index < -0.39 is 29.2 Å². The van der Waals surface area contributed by atoms with Crippen LogP contribution in [-0.2, 0) is 11.0 Å². The topological polar surface area (TPSA) is 49.4 Å². The van der Waals surface area contributed by atoms with Crippen LogP contribution in [0, 0.1) is 5.41 Å². The van der Waals surface area contributed by atoms with E-state index >= 15 is 0 Å². The lowest BCUT2D eigenvalue weighted by Gasteiger charge is -2.47. The van der Waals surface area contributed by atoms with Gasteiger partial charge in [0.2, 0.25) is 5.91 Å². The maximum absolute atomic E-state index is 12.7. The lowest BCUT2D eigenvalue weighted by atomic mass is 9.74. The Hall–Kier alpha value is -2.05. The van der Waals surface area contributed by atoms with Crippen molar-refractivity contribution in [3.63, 3.8) is 0 Å². The summed E-state index contributed by atoms with van der Waals surface area (Å²) in [5.41, 5.74) is -0.582. The maximum atomic E-state index is 12.7. The number of rotatable bonds is 6. The zero-order valence-corrected chi connectivity index (χ0v) is 15.3. The van der Waals surface area contributed by atoms with Crippen molar-refractivity contribution >= 4 is 11.9 Å². The third-order valence-corrected chi connectivity index (χ3v) is 5.27. The van der Waals surface area contributed by atoms with E-state index in [1.807, 2.05) is 20.8 Å². The minimum Gasteiger partial charge on any atom is -0.331 e. The third kappa shape index (κ3) is 3.86. The van der Waals surface area contributed by atoms with Crippen LogP contribution in [0.25, 0.3) is 0 Å². The highest BCUT2D eigenvalue weighted by Crippen LogP contribution is 2.39. The van der Waals surface area contributed by atoms with E-state index in [0.29, 0.717) is 31.4 Å². The Labute approximate surface area is 151 Å². The molecule has 0 radical (unpaired) electrons. The van der Waals surface area contributed by atoms with Gasteiger partial charge in [-0.15, -0.1) is 0 Å². The van der Waals surface area contributed by atoms with Crippen molar-refractivity contribution in [3.05, 3.63) is 35.4 Å². The zero-order chi connectivity index (χ0) is 19.5. The summed E-state index contributed by atoms with van der Waals surface area (Å²) in [4.78, 5) is 26.0. The van der Waals surface area contributed by atoms with Crippen LogP contribution in [0.2, 0.25) is 0 Å². The van der Waals surface area contributed by atoms with Crippen molar-refractivity contribution in [1.82, 2.24) is 10.2 Å². The van der Waals surface area contributed by atoms with Gasteiger partial charge in [-0.3, -0.25) is 9.69 Å². The Bertz CT molecular complexity index is 652. The fraction of sp³-hybridized carbons (Fsp3) is 0.579. The molecule has 1 aliphatic rings. The van der Waals surface area contributed by atoms with Crippen LogP contribution < -0.4 is 5.32 Å². The molecule has 1 heterocycles. The van der Waals surface area contributed by atoms with E-state index in [-0.39, 0.29) is 5.91 Å². The standard InChI is InChI=1S/C19H25F3N2O2/c1-4-7-15(13-8-10-14(11-9-13)19(20,21)22)23-17(26)24-12-18(5-2,6-3)16(24)25/h8-11,15H,4-7,12H2,1-3H3,(H,23,26). The van der Waals surface area contributed by atoms with Crippen LogP contribution in [0.3, 0.4) is 0 Å². The van der Waals surface area contributed by atoms with Crippen LogP contribution in [0.1, 0.15) is 63.6 Å². The zero-order valence-electron chi connectivity index (χ0n) is 15.3. The number of alkyl halides is 3. The van der Waals surface area contributed by atoms with Gasteiger partial charge >= 0.3 is 12.2 Å². The second-order valence-corrected chi connectivity index (χ2v) is 6.79. The molecule has 0 aliphatic carbocycles. The number of nitrogens with zero attached hydrogens (tertiary/aromatic N) is 1. The number of hydrogen-bond acceptors (Lipinski definition) is 2. The number of urea groups is 1. The molecular weight excluding hydrogens is 345 g/mol. The Morgan fingerprint density at radius 2 is 1.77 bits per heavy atom. The minimum atomic E-state index is -4.39. The number of likely N-dealkylation sites (tertiary alicyclic amines) is 1. The molecule has 144 valence electrons. The number of benzene rings is 1. The second kappa shape index (κ2) is 7.68. The van der Waals surface area contributed by atoms with Crippen LogP contribution in [0.4, 0.5) is 18.0 Å². The van der Waals surface area contributed by atoms with Crippen LogP contribution >= 0.6 is 0 Å². The van der Waals surface area contributed by atoms with Gasteiger partial charge in [-0.25, -0.2) is 4.79 Å². The minimum absolute atomic E-state index is 0.178. The van der Waals surface area contributed by atoms with Crippen LogP contribution in [-0.4, -0.2) is 23.4 Å². The highest BCUT2D eigenvalue weighted by Gasteiger charge is 2.52. The van der Waals surface area contributed by atoms with Gasteiger partial charge in [-0.2, -0.15) is 13.2 Å². The van der Waals surface area contributed by atoms with Crippen molar-refractivity contribution in [2.75, 3.05) is 6.54 Å². The first-order chi connectivity index (χ1) is 12.2. The molecule has 0 saturated carbocycles.